The van der Waals surface area contributed by atoms with Gasteiger partial charge in [0.05, 0.1) is 5.69 Å². The van der Waals surface area contributed by atoms with Crippen molar-refractivity contribution in [1.82, 2.24) is 0 Å². The Kier molecular flexibility index (Phi) is 2.40. The summed E-state index contributed by atoms with van der Waals surface area (Å²) in [4.78, 5) is 0. The van der Waals surface area contributed by atoms with Crippen molar-refractivity contribution in [2.45, 2.75) is 0 Å². The molecule has 72 valence electrons. The maximum absolute atomic E-state index is 8.97. The first-order valence-corrected chi connectivity index (χ1v) is 5.12. The van der Waals surface area contributed by atoms with Gasteiger partial charge in [0, 0.05) is 10.1 Å². The summed E-state index contributed by atoms with van der Waals surface area (Å²) in [5.74, 6) is 0. The molecule has 3 nitrogen and oxygen atoms in total. The molecule has 0 amide bonds. The predicted molar refractivity (Wildman–Crippen MR) is 61.1 cm³/mol. The van der Waals surface area contributed by atoms with Crippen LogP contribution in [0, 0.1) is 0 Å². The van der Waals surface area contributed by atoms with E-state index in [1.54, 1.807) is 18.2 Å². The molecule has 0 aliphatic heterocycles. The highest BCUT2D eigenvalue weighted by molar-refractivity contribution is 7.23. The number of rotatable bonds is 1. The van der Waals surface area contributed by atoms with E-state index in [-0.39, 0.29) is 0 Å². The summed E-state index contributed by atoms with van der Waals surface area (Å²) in [6.45, 7) is 0. The number of nitrogen functional groups attached to an aromatic ring is 1. The van der Waals surface area contributed by atoms with E-state index in [0.717, 1.165) is 10.1 Å². The average molecular weight is 227 g/mol. The van der Waals surface area contributed by atoms with Crippen LogP contribution in [0.4, 0.5) is 5.69 Å². The fourth-order valence-corrected chi connectivity index (χ4v) is 2.44. The molecule has 1 aromatic heterocycles. The molecule has 0 radical (unpaired) electrons. The van der Waals surface area contributed by atoms with E-state index in [1.807, 2.05) is 0 Å². The number of thiophene rings is 1. The van der Waals surface area contributed by atoms with E-state index in [0.29, 0.717) is 15.5 Å². The van der Waals surface area contributed by atoms with Crippen LogP contribution in [0.5, 0.6) is 0 Å². The molecule has 0 bridgehead atoms. The maximum Gasteiger partial charge on any atom is 0.488 e. The molecule has 0 aliphatic carbocycles. The van der Waals surface area contributed by atoms with E-state index >= 15 is 0 Å². The summed E-state index contributed by atoms with van der Waals surface area (Å²) in [5.41, 5.74) is 6.63. The molecule has 1 heterocycles. The van der Waals surface area contributed by atoms with Crippen LogP contribution < -0.4 is 11.2 Å². The van der Waals surface area contributed by atoms with E-state index < -0.39 is 7.12 Å². The van der Waals surface area contributed by atoms with Gasteiger partial charge in [0.25, 0.3) is 0 Å². The van der Waals surface area contributed by atoms with Gasteiger partial charge < -0.3 is 15.8 Å². The minimum absolute atomic E-state index is 0.415. The molecule has 0 unspecified atom stereocenters. The SMILES string of the molecule is Nc1c(Cl)sc2ccc(B(O)O)cc12. The molecule has 0 aliphatic rings. The van der Waals surface area contributed by atoms with Crippen LogP contribution in [0.3, 0.4) is 0 Å². The quantitative estimate of drug-likeness (QED) is 0.632. The minimum atomic E-state index is -1.47. The Labute approximate surface area is 89.9 Å². The van der Waals surface area contributed by atoms with Crippen molar-refractivity contribution >= 4 is 51.3 Å². The minimum Gasteiger partial charge on any atom is -0.423 e. The Hall–Kier alpha value is -0.745. The van der Waals surface area contributed by atoms with Crippen LogP contribution in [0.1, 0.15) is 0 Å². The number of benzene rings is 1. The van der Waals surface area contributed by atoms with Crippen molar-refractivity contribution in [3.05, 3.63) is 22.5 Å². The molecule has 0 spiro atoms. The largest absolute Gasteiger partial charge is 0.488 e. The highest BCUT2D eigenvalue weighted by Crippen LogP contribution is 2.36. The zero-order valence-electron chi connectivity index (χ0n) is 7.07. The number of hydrogen-bond donors (Lipinski definition) is 3. The lowest BCUT2D eigenvalue weighted by Gasteiger charge is -1.99. The van der Waals surface area contributed by atoms with Crippen molar-refractivity contribution in [2.75, 3.05) is 5.73 Å². The monoisotopic (exact) mass is 227 g/mol. The predicted octanol–water partition coefficient (Wildman–Crippen LogP) is 0.817. The second-order valence-corrected chi connectivity index (χ2v) is 4.57. The summed E-state index contributed by atoms with van der Waals surface area (Å²) in [6.07, 6.45) is 0. The normalized spacial score (nSPS) is 10.8. The van der Waals surface area contributed by atoms with Gasteiger partial charge in [-0.2, -0.15) is 0 Å². The Bertz CT molecular complexity index is 485. The third kappa shape index (κ3) is 1.48. The van der Waals surface area contributed by atoms with E-state index in [1.165, 1.54) is 11.3 Å². The van der Waals surface area contributed by atoms with E-state index in [9.17, 15) is 0 Å². The van der Waals surface area contributed by atoms with Crippen molar-refractivity contribution in [2.24, 2.45) is 0 Å². The lowest BCUT2D eigenvalue weighted by atomic mass is 9.80. The first-order valence-electron chi connectivity index (χ1n) is 3.93. The number of anilines is 1. The number of nitrogens with two attached hydrogens (primary N) is 1. The third-order valence-corrected chi connectivity index (χ3v) is 3.41. The highest BCUT2D eigenvalue weighted by Gasteiger charge is 2.14. The molecule has 2 aromatic rings. The molecular weight excluding hydrogens is 220 g/mol. The van der Waals surface area contributed by atoms with Crippen LogP contribution in [-0.4, -0.2) is 17.2 Å². The molecule has 0 saturated heterocycles. The van der Waals surface area contributed by atoms with Crippen LogP contribution in [0.2, 0.25) is 4.34 Å². The van der Waals surface area contributed by atoms with Crippen LogP contribution in [-0.2, 0) is 0 Å². The van der Waals surface area contributed by atoms with Crippen molar-refractivity contribution < 1.29 is 10.0 Å². The molecule has 1 aromatic carbocycles. The fraction of sp³-hybridized carbons (Fsp3) is 0. The Morgan fingerprint density at radius 1 is 1.36 bits per heavy atom. The lowest BCUT2D eigenvalue weighted by molar-refractivity contribution is 0.426. The molecule has 4 N–H and O–H groups in total. The van der Waals surface area contributed by atoms with Gasteiger partial charge in [-0.15, -0.1) is 11.3 Å². The van der Waals surface area contributed by atoms with Gasteiger partial charge in [0.15, 0.2) is 0 Å². The van der Waals surface area contributed by atoms with Gasteiger partial charge in [0.1, 0.15) is 4.34 Å². The molecule has 0 atom stereocenters. The first kappa shape index (κ1) is 9.80. The van der Waals surface area contributed by atoms with Crippen molar-refractivity contribution in [3.63, 3.8) is 0 Å². The first-order chi connectivity index (χ1) is 6.59. The topological polar surface area (TPSA) is 66.5 Å². The molecule has 0 fully saturated rings. The van der Waals surface area contributed by atoms with Gasteiger partial charge >= 0.3 is 7.12 Å². The summed E-state index contributed by atoms with van der Waals surface area (Å²) >= 11 is 7.23. The summed E-state index contributed by atoms with van der Waals surface area (Å²) in [7, 11) is -1.47. The van der Waals surface area contributed by atoms with E-state index in [4.69, 9.17) is 27.4 Å². The van der Waals surface area contributed by atoms with Crippen LogP contribution >= 0.6 is 22.9 Å². The van der Waals surface area contributed by atoms with Crippen LogP contribution in [0.25, 0.3) is 10.1 Å². The van der Waals surface area contributed by atoms with Crippen molar-refractivity contribution in [3.8, 4) is 0 Å². The summed E-state index contributed by atoms with van der Waals surface area (Å²) < 4.78 is 1.47. The molecule has 2 rings (SSSR count). The van der Waals surface area contributed by atoms with Gasteiger partial charge in [-0.1, -0.05) is 23.7 Å². The van der Waals surface area contributed by atoms with Gasteiger partial charge in [0.2, 0.25) is 0 Å². The van der Waals surface area contributed by atoms with Gasteiger partial charge in [-0.05, 0) is 11.5 Å². The van der Waals surface area contributed by atoms with Crippen molar-refractivity contribution in [1.29, 1.82) is 0 Å². The standard InChI is InChI=1S/C8H7BClNO2S/c10-8-7(11)5-3-4(9(12)13)1-2-6(5)14-8/h1-3,12-13H,11H2. The van der Waals surface area contributed by atoms with Crippen LogP contribution in [0.15, 0.2) is 18.2 Å². The number of hydrogen-bond acceptors (Lipinski definition) is 4. The average Bonchev–Trinajstić information content (AvgIpc) is 2.43. The number of fused-ring (bicyclic) bond motifs is 1. The summed E-state index contributed by atoms with van der Waals surface area (Å²) in [5, 5.41) is 18.7. The second kappa shape index (κ2) is 3.44. The lowest BCUT2D eigenvalue weighted by Crippen LogP contribution is -2.29. The second-order valence-electron chi connectivity index (χ2n) is 2.92. The molecule has 14 heavy (non-hydrogen) atoms. The maximum atomic E-state index is 8.97. The summed E-state index contributed by atoms with van der Waals surface area (Å²) in [6, 6.07) is 5.05. The smallest absolute Gasteiger partial charge is 0.423 e. The molecular formula is C8H7BClNO2S. The Morgan fingerprint density at radius 2 is 2.07 bits per heavy atom. The Morgan fingerprint density at radius 3 is 2.71 bits per heavy atom. The van der Waals surface area contributed by atoms with Gasteiger partial charge in [-0.3, -0.25) is 0 Å². The fourth-order valence-electron chi connectivity index (χ4n) is 1.27. The molecule has 6 heteroatoms. The zero-order valence-corrected chi connectivity index (χ0v) is 8.64. The van der Waals surface area contributed by atoms with Gasteiger partial charge in [-0.25, -0.2) is 0 Å². The number of halogens is 1. The van der Waals surface area contributed by atoms with E-state index in [2.05, 4.69) is 0 Å². The third-order valence-electron chi connectivity index (χ3n) is 2.00. The zero-order chi connectivity index (χ0) is 10.3. The Balaban J connectivity index is 2.69. The highest BCUT2D eigenvalue weighted by atomic mass is 35.5. The molecule has 0 saturated carbocycles.